The van der Waals surface area contributed by atoms with E-state index in [2.05, 4.69) is 27.7 Å². The summed E-state index contributed by atoms with van der Waals surface area (Å²) in [5.41, 5.74) is 1.17. The summed E-state index contributed by atoms with van der Waals surface area (Å²) in [7, 11) is 1.68. The van der Waals surface area contributed by atoms with E-state index < -0.39 is 0 Å². The Morgan fingerprint density at radius 3 is 1.89 bits per heavy atom. The van der Waals surface area contributed by atoms with Crippen molar-refractivity contribution in [2.75, 3.05) is 20.3 Å². The molecule has 4 heteroatoms. The molecule has 0 amide bonds. The Kier molecular flexibility index (Phi) is 11.1. The number of rotatable bonds is 13. The minimum atomic E-state index is -0.189. The van der Waals surface area contributed by atoms with Crippen molar-refractivity contribution in [2.45, 2.75) is 60.5 Å². The highest BCUT2D eigenvalue weighted by atomic mass is 16.5. The molecule has 1 aromatic rings. The van der Waals surface area contributed by atoms with Crippen LogP contribution in [0.5, 0.6) is 5.75 Å². The van der Waals surface area contributed by atoms with Crippen LogP contribution in [0.3, 0.4) is 0 Å². The molecule has 0 unspecified atom stereocenters. The number of esters is 1. The lowest BCUT2D eigenvalue weighted by Crippen LogP contribution is -2.16. The molecule has 4 nitrogen and oxygen atoms in total. The first-order valence-corrected chi connectivity index (χ1v) is 10.1. The normalized spacial score (nSPS) is 15.6. The van der Waals surface area contributed by atoms with Gasteiger partial charge in [-0.3, -0.25) is 4.79 Å². The fourth-order valence-electron chi connectivity index (χ4n) is 3.75. The lowest BCUT2D eigenvalue weighted by molar-refractivity contribution is -0.142. The van der Waals surface area contributed by atoms with E-state index >= 15 is 0 Å². The standard InChI is InChI=1S/C23H38O4/c1-17(11-18(2)13-20(4)15-27-21(5)24)12-19(3)14-26-16-22-7-9-23(25-6)10-8-22/h7-10,17-20H,11-16H2,1-6H3/t17-,18+,19+,20+/m1/s1. The van der Waals surface area contributed by atoms with Crippen LogP contribution in [0, 0.1) is 23.7 Å². The summed E-state index contributed by atoms with van der Waals surface area (Å²) in [5, 5.41) is 0. The minimum Gasteiger partial charge on any atom is -0.497 e. The molecule has 0 aliphatic carbocycles. The third kappa shape index (κ3) is 11.0. The molecule has 0 aliphatic heterocycles. The van der Waals surface area contributed by atoms with Gasteiger partial charge in [0.1, 0.15) is 5.75 Å². The van der Waals surface area contributed by atoms with Gasteiger partial charge in [0.2, 0.25) is 0 Å². The van der Waals surface area contributed by atoms with Gasteiger partial charge in [-0.05, 0) is 60.6 Å². The Balaban J connectivity index is 2.20. The maximum absolute atomic E-state index is 10.9. The highest BCUT2D eigenvalue weighted by Crippen LogP contribution is 2.24. The third-order valence-corrected chi connectivity index (χ3v) is 4.82. The van der Waals surface area contributed by atoms with E-state index in [-0.39, 0.29) is 5.97 Å². The number of benzene rings is 1. The maximum atomic E-state index is 10.9. The number of ether oxygens (including phenoxy) is 3. The highest BCUT2D eigenvalue weighted by molar-refractivity contribution is 5.65. The number of hydrogen-bond acceptors (Lipinski definition) is 4. The molecule has 0 bridgehead atoms. The summed E-state index contributed by atoms with van der Waals surface area (Å²) in [6, 6.07) is 8.03. The fourth-order valence-corrected chi connectivity index (χ4v) is 3.75. The Morgan fingerprint density at radius 1 is 0.852 bits per heavy atom. The average Bonchev–Trinajstić information content (AvgIpc) is 2.60. The molecule has 0 aliphatic rings. The van der Waals surface area contributed by atoms with Gasteiger partial charge < -0.3 is 14.2 Å². The van der Waals surface area contributed by atoms with Crippen molar-refractivity contribution in [2.24, 2.45) is 23.7 Å². The SMILES string of the molecule is COc1ccc(COC[C@@H](C)C[C@H](C)C[C@H](C)C[C@H](C)COC(C)=O)cc1. The summed E-state index contributed by atoms with van der Waals surface area (Å²) in [6.07, 6.45) is 3.47. The zero-order valence-electron chi connectivity index (χ0n) is 18.0. The van der Waals surface area contributed by atoms with Gasteiger partial charge in [0.15, 0.2) is 0 Å². The number of carbonyl (C=O) groups is 1. The lowest BCUT2D eigenvalue weighted by Gasteiger charge is -2.22. The zero-order valence-corrected chi connectivity index (χ0v) is 18.0. The summed E-state index contributed by atoms with van der Waals surface area (Å²) < 4.78 is 16.2. The molecule has 0 aromatic heterocycles. The quantitative estimate of drug-likeness (QED) is 0.426. The van der Waals surface area contributed by atoms with Gasteiger partial charge in [-0.1, -0.05) is 39.8 Å². The van der Waals surface area contributed by atoms with Crippen molar-refractivity contribution in [1.82, 2.24) is 0 Å². The summed E-state index contributed by atoms with van der Waals surface area (Å²) in [4.78, 5) is 10.9. The van der Waals surface area contributed by atoms with Crippen LogP contribution in [-0.2, 0) is 20.9 Å². The Hall–Kier alpha value is -1.55. The second-order valence-electron chi connectivity index (χ2n) is 8.29. The van der Waals surface area contributed by atoms with Crippen molar-refractivity contribution < 1.29 is 19.0 Å². The van der Waals surface area contributed by atoms with Crippen LogP contribution >= 0.6 is 0 Å². The second-order valence-corrected chi connectivity index (χ2v) is 8.29. The zero-order chi connectivity index (χ0) is 20.2. The molecule has 0 N–H and O–H groups in total. The molecule has 0 radical (unpaired) electrons. The first-order chi connectivity index (χ1) is 12.8. The molecule has 27 heavy (non-hydrogen) atoms. The first-order valence-electron chi connectivity index (χ1n) is 10.1. The van der Waals surface area contributed by atoms with Gasteiger partial charge in [0.05, 0.1) is 20.3 Å². The van der Waals surface area contributed by atoms with E-state index in [1.807, 2.05) is 24.3 Å². The van der Waals surface area contributed by atoms with E-state index in [4.69, 9.17) is 14.2 Å². The van der Waals surface area contributed by atoms with Crippen LogP contribution in [0.25, 0.3) is 0 Å². The second kappa shape index (κ2) is 12.8. The monoisotopic (exact) mass is 378 g/mol. The topological polar surface area (TPSA) is 44.8 Å². The average molecular weight is 379 g/mol. The van der Waals surface area contributed by atoms with Crippen molar-refractivity contribution in [1.29, 1.82) is 0 Å². The molecule has 0 heterocycles. The maximum Gasteiger partial charge on any atom is 0.302 e. The first kappa shape index (κ1) is 23.5. The Morgan fingerprint density at radius 2 is 1.37 bits per heavy atom. The van der Waals surface area contributed by atoms with Crippen LogP contribution in [-0.4, -0.2) is 26.3 Å². The van der Waals surface area contributed by atoms with Gasteiger partial charge in [-0.25, -0.2) is 0 Å². The predicted octanol–water partition coefficient (Wildman–Crippen LogP) is 5.49. The van der Waals surface area contributed by atoms with Gasteiger partial charge >= 0.3 is 5.97 Å². The van der Waals surface area contributed by atoms with Crippen molar-refractivity contribution >= 4 is 5.97 Å². The van der Waals surface area contributed by atoms with E-state index in [9.17, 15) is 4.79 Å². The van der Waals surface area contributed by atoms with Crippen LogP contribution in [0.4, 0.5) is 0 Å². The van der Waals surface area contributed by atoms with Gasteiger partial charge in [-0.2, -0.15) is 0 Å². The molecule has 0 saturated carbocycles. The molecule has 1 rings (SSSR count). The lowest BCUT2D eigenvalue weighted by atomic mass is 9.86. The fraction of sp³-hybridized carbons (Fsp3) is 0.696. The summed E-state index contributed by atoms with van der Waals surface area (Å²) in [6.45, 7) is 12.5. The number of methoxy groups -OCH3 is 1. The Bertz CT molecular complexity index is 526. The molecular weight excluding hydrogens is 340 g/mol. The summed E-state index contributed by atoms with van der Waals surface area (Å²) >= 11 is 0. The van der Waals surface area contributed by atoms with Gasteiger partial charge in [-0.15, -0.1) is 0 Å². The van der Waals surface area contributed by atoms with E-state index in [0.29, 0.717) is 36.9 Å². The number of hydrogen-bond donors (Lipinski definition) is 0. The molecule has 4 atom stereocenters. The van der Waals surface area contributed by atoms with Crippen molar-refractivity contribution in [3.05, 3.63) is 29.8 Å². The summed E-state index contributed by atoms with van der Waals surface area (Å²) in [5.74, 6) is 2.95. The van der Waals surface area contributed by atoms with E-state index in [0.717, 1.165) is 18.8 Å². The number of carbonyl (C=O) groups excluding carboxylic acids is 1. The minimum absolute atomic E-state index is 0.189. The predicted molar refractivity (Wildman–Crippen MR) is 110 cm³/mol. The Labute approximate surface area is 165 Å². The van der Waals surface area contributed by atoms with Gasteiger partial charge in [0, 0.05) is 13.5 Å². The molecule has 1 aromatic carbocycles. The molecule has 154 valence electrons. The largest absolute Gasteiger partial charge is 0.497 e. The van der Waals surface area contributed by atoms with E-state index in [1.54, 1.807) is 7.11 Å². The van der Waals surface area contributed by atoms with Crippen molar-refractivity contribution in [3.8, 4) is 5.75 Å². The molecule has 0 fully saturated rings. The molecule has 0 saturated heterocycles. The van der Waals surface area contributed by atoms with Crippen LogP contribution in [0.2, 0.25) is 0 Å². The van der Waals surface area contributed by atoms with Crippen LogP contribution in [0.15, 0.2) is 24.3 Å². The van der Waals surface area contributed by atoms with Crippen LogP contribution < -0.4 is 4.74 Å². The van der Waals surface area contributed by atoms with Crippen molar-refractivity contribution in [3.63, 3.8) is 0 Å². The third-order valence-electron chi connectivity index (χ3n) is 4.82. The smallest absolute Gasteiger partial charge is 0.302 e. The molecule has 0 spiro atoms. The van der Waals surface area contributed by atoms with Crippen LogP contribution in [0.1, 0.15) is 59.4 Å². The van der Waals surface area contributed by atoms with Gasteiger partial charge in [0.25, 0.3) is 0 Å². The van der Waals surface area contributed by atoms with E-state index in [1.165, 1.54) is 25.3 Å². The molecular formula is C23H38O4. The highest BCUT2D eigenvalue weighted by Gasteiger charge is 2.16.